The summed E-state index contributed by atoms with van der Waals surface area (Å²) in [7, 11) is 0. The van der Waals surface area contributed by atoms with Crippen molar-refractivity contribution in [1.82, 2.24) is 14.5 Å². The Labute approximate surface area is 373 Å². The highest BCUT2D eigenvalue weighted by Gasteiger charge is 2.35. The fraction of sp³-hybridized carbons (Fsp3) is 0.0492. The molecule has 2 aromatic heterocycles. The predicted molar refractivity (Wildman–Crippen MR) is 267 cm³/mol. The van der Waals surface area contributed by atoms with Crippen LogP contribution in [0.25, 0.3) is 106 Å². The Morgan fingerprint density at radius 1 is 0.328 bits per heavy atom. The zero-order valence-electron chi connectivity index (χ0n) is 35.7. The Morgan fingerprint density at radius 3 is 1.52 bits per heavy atom. The van der Waals surface area contributed by atoms with E-state index in [-0.39, 0.29) is 5.41 Å². The van der Waals surface area contributed by atoms with Crippen LogP contribution in [0.1, 0.15) is 25.0 Å². The zero-order chi connectivity index (χ0) is 42.8. The Bertz CT molecular complexity index is 3520. The predicted octanol–water partition coefficient (Wildman–Crippen LogP) is 15.9. The van der Waals surface area contributed by atoms with Gasteiger partial charge >= 0.3 is 0 Å². The van der Waals surface area contributed by atoms with Crippen molar-refractivity contribution >= 4 is 21.8 Å². The molecule has 12 rings (SSSR count). The second kappa shape index (κ2) is 15.0. The van der Waals surface area contributed by atoms with Gasteiger partial charge in [-0.15, -0.1) is 0 Å². The van der Waals surface area contributed by atoms with E-state index in [1.165, 1.54) is 66.4 Å². The molecule has 3 nitrogen and oxygen atoms in total. The molecule has 1 aliphatic rings. The molecule has 64 heavy (non-hydrogen) atoms. The van der Waals surface area contributed by atoms with E-state index < -0.39 is 0 Å². The molecule has 9 aromatic carbocycles. The van der Waals surface area contributed by atoms with Crippen molar-refractivity contribution in [3.05, 3.63) is 236 Å². The first-order valence-corrected chi connectivity index (χ1v) is 22.1. The minimum atomic E-state index is -0.0388. The van der Waals surface area contributed by atoms with Crippen LogP contribution in [-0.2, 0) is 5.41 Å². The Balaban J connectivity index is 0.906. The fourth-order valence-electron chi connectivity index (χ4n) is 9.95. The quantitative estimate of drug-likeness (QED) is 0.160. The van der Waals surface area contributed by atoms with Gasteiger partial charge in [-0.2, -0.15) is 0 Å². The lowest BCUT2D eigenvalue weighted by Gasteiger charge is -2.22. The number of hydrogen-bond acceptors (Lipinski definition) is 2. The summed E-state index contributed by atoms with van der Waals surface area (Å²) in [5, 5.41) is 2.42. The maximum absolute atomic E-state index is 5.14. The standard InChI is InChI=1S/C61H43N3/c1-61(2)54-28-11-9-26-50(54)51-32-30-47(38-55(51)61)45-23-14-21-43(35-45)42-20-13-22-44(34-42)46-31-33-59-53(37-46)52-27-10-12-29-58(52)64(59)49-25-15-24-48(36-49)60-62-56(40-16-5-3-6-17-40)39-57(63-60)41-18-7-4-8-19-41/h3-39H,1-2H3. The van der Waals surface area contributed by atoms with E-state index in [0.717, 1.165) is 44.8 Å². The van der Waals surface area contributed by atoms with E-state index in [4.69, 9.17) is 9.97 Å². The normalized spacial score (nSPS) is 12.7. The van der Waals surface area contributed by atoms with Crippen LogP contribution in [0.5, 0.6) is 0 Å². The molecular formula is C61H43N3. The summed E-state index contributed by atoms with van der Waals surface area (Å²) in [4.78, 5) is 10.3. The van der Waals surface area contributed by atoms with Gasteiger partial charge in [0.1, 0.15) is 0 Å². The molecule has 0 aliphatic heterocycles. The summed E-state index contributed by atoms with van der Waals surface area (Å²) in [5.74, 6) is 0.692. The molecule has 0 saturated heterocycles. The van der Waals surface area contributed by atoms with Crippen LogP contribution in [0.4, 0.5) is 0 Å². The first kappa shape index (κ1) is 37.6. The molecule has 0 fully saturated rings. The van der Waals surface area contributed by atoms with Crippen LogP contribution in [0, 0.1) is 0 Å². The monoisotopic (exact) mass is 817 g/mol. The van der Waals surface area contributed by atoms with Gasteiger partial charge in [-0.3, -0.25) is 0 Å². The Kier molecular flexibility index (Phi) is 8.84. The van der Waals surface area contributed by atoms with Crippen molar-refractivity contribution in [2.45, 2.75) is 19.3 Å². The molecule has 0 spiro atoms. The maximum Gasteiger partial charge on any atom is 0.160 e. The number of nitrogens with zero attached hydrogens (tertiary/aromatic N) is 3. The van der Waals surface area contributed by atoms with Gasteiger partial charge in [0.2, 0.25) is 0 Å². The lowest BCUT2D eigenvalue weighted by molar-refractivity contribution is 0.660. The molecule has 0 N–H and O–H groups in total. The molecular weight excluding hydrogens is 775 g/mol. The summed E-state index contributed by atoms with van der Waals surface area (Å²) < 4.78 is 2.37. The minimum absolute atomic E-state index is 0.0388. The summed E-state index contributed by atoms with van der Waals surface area (Å²) in [5.41, 5.74) is 20.9. The highest BCUT2D eigenvalue weighted by atomic mass is 15.0. The van der Waals surface area contributed by atoms with Gasteiger partial charge in [0.15, 0.2) is 5.82 Å². The number of para-hydroxylation sites is 1. The highest BCUT2D eigenvalue weighted by molar-refractivity contribution is 6.10. The molecule has 0 amide bonds. The van der Waals surface area contributed by atoms with E-state index in [2.05, 4.69) is 231 Å². The molecule has 0 saturated carbocycles. The molecule has 302 valence electrons. The number of hydrogen-bond donors (Lipinski definition) is 0. The van der Waals surface area contributed by atoms with E-state index >= 15 is 0 Å². The molecule has 0 radical (unpaired) electrons. The molecule has 2 heterocycles. The van der Waals surface area contributed by atoms with Crippen molar-refractivity contribution in [2.24, 2.45) is 0 Å². The van der Waals surface area contributed by atoms with Crippen LogP contribution in [0.3, 0.4) is 0 Å². The van der Waals surface area contributed by atoms with Gasteiger partial charge in [-0.05, 0) is 110 Å². The number of aromatic nitrogens is 3. The highest BCUT2D eigenvalue weighted by Crippen LogP contribution is 2.49. The SMILES string of the molecule is CC1(C)c2ccccc2-c2ccc(-c3cccc(-c4cccc(-c5ccc6c(c5)c5ccccc5n6-c5cccc(-c6nc(-c7ccccc7)cc(-c7ccccc7)n6)c5)c4)c3)cc21. The van der Waals surface area contributed by atoms with Gasteiger partial charge in [-0.25, -0.2) is 9.97 Å². The smallest absolute Gasteiger partial charge is 0.160 e. The fourth-order valence-corrected chi connectivity index (χ4v) is 9.95. The van der Waals surface area contributed by atoms with Crippen molar-refractivity contribution < 1.29 is 0 Å². The van der Waals surface area contributed by atoms with Crippen molar-refractivity contribution in [2.75, 3.05) is 0 Å². The third-order valence-electron chi connectivity index (χ3n) is 13.2. The van der Waals surface area contributed by atoms with E-state index in [1.54, 1.807) is 0 Å². The minimum Gasteiger partial charge on any atom is -0.309 e. The molecule has 0 unspecified atom stereocenters. The Hall–Kier alpha value is -8.14. The average molecular weight is 818 g/mol. The first-order valence-electron chi connectivity index (χ1n) is 22.1. The van der Waals surface area contributed by atoms with E-state index in [0.29, 0.717) is 5.82 Å². The first-order chi connectivity index (χ1) is 31.5. The molecule has 1 aliphatic carbocycles. The summed E-state index contributed by atoms with van der Waals surface area (Å²) in [6.45, 7) is 4.69. The average Bonchev–Trinajstić information content (AvgIpc) is 3.82. The second-order valence-corrected chi connectivity index (χ2v) is 17.4. The van der Waals surface area contributed by atoms with Crippen LogP contribution in [0.2, 0.25) is 0 Å². The molecule has 0 bridgehead atoms. The lowest BCUT2D eigenvalue weighted by Crippen LogP contribution is -2.14. The molecule has 0 atom stereocenters. The second-order valence-electron chi connectivity index (χ2n) is 17.4. The van der Waals surface area contributed by atoms with Crippen molar-refractivity contribution in [3.63, 3.8) is 0 Å². The topological polar surface area (TPSA) is 30.7 Å². The van der Waals surface area contributed by atoms with E-state index in [1.807, 2.05) is 12.1 Å². The largest absolute Gasteiger partial charge is 0.309 e. The van der Waals surface area contributed by atoms with Crippen LogP contribution >= 0.6 is 0 Å². The Morgan fingerprint density at radius 2 is 0.828 bits per heavy atom. The summed E-state index contributed by atoms with van der Waals surface area (Å²) in [6, 6.07) is 80.9. The third kappa shape index (κ3) is 6.36. The number of benzene rings is 9. The van der Waals surface area contributed by atoms with Crippen molar-refractivity contribution in [3.8, 4) is 84.1 Å². The summed E-state index contributed by atoms with van der Waals surface area (Å²) >= 11 is 0. The van der Waals surface area contributed by atoms with Crippen LogP contribution in [0.15, 0.2) is 224 Å². The van der Waals surface area contributed by atoms with Gasteiger partial charge in [0.05, 0.1) is 22.4 Å². The molecule has 3 heteroatoms. The number of fused-ring (bicyclic) bond motifs is 6. The van der Waals surface area contributed by atoms with Gasteiger partial charge in [-0.1, -0.05) is 184 Å². The number of rotatable bonds is 7. The van der Waals surface area contributed by atoms with Crippen molar-refractivity contribution in [1.29, 1.82) is 0 Å². The zero-order valence-corrected chi connectivity index (χ0v) is 35.7. The third-order valence-corrected chi connectivity index (χ3v) is 13.2. The van der Waals surface area contributed by atoms with Gasteiger partial charge < -0.3 is 4.57 Å². The lowest BCUT2D eigenvalue weighted by atomic mass is 9.81. The van der Waals surface area contributed by atoms with Crippen LogP contribution in [-0.4, -0.2) is 14.5 Å². The summed E-state index contributed by atoms with van der Waals surface area (Å²) in [6.07, 6.45) is 0. The van der Waals surface area contributed by atoms with Gasteiger partial charge in [0.25, 0.3) is 0 Å². The maximum atomic E-state index is 5.14. The van der Waals surface area contributed by atoms with E-state index in [9.17, 15) is 0 Å². The van der Waals surface area contributed by atoms with Crippen LogP contribution < -0.4 is 0 Å². The molecule has 11 aromatic rings. The van der Waals surface area contributed by atoms with Gasteiger partial charge in [0, 0.05) is 38.6 Å².